The van der Waals surface area contributed by atoms with E-state index in [2.05, 4.69) is 26.8 Å². The summed E-state index contributed by atoms with van der Waals surface area (Å²) in [6.45, 7) is 0. The molecule has 1 fully saturated rings. The second kappa shape index (κ2) is 8.07. The van der Waals surface area contributed by atoms with Crippen LogP contribution in [0, 0.1) is 5.92 Å². The fourth-order valence-electron chi connectivity index (χ4n) is 4.17. The van der Waals surface area contributed by atoms with Crippen molar-refractivity contribution in [1.29, 1.82) is 0 Å². The van der Waals surface area contributed by atoms with E-state index in [1.807, 2.05) is 12.1 Å². The van der Waals surface area contributed by atoms with E-state index in [9.17, 15) is 14.7 Å². The van der Waals surface area contributed by atoms with Crippen LogP contribution in [0.15, 0.2) is 41.3 Å². The third-order valence-corrected chi connectivity index (χ3v) is 5.77. The van der Waals surface area contributed by atoms with Gasteiger partial charge in [0, 0.05) is 10.9 Å². The lowest BCUT2D eigenvalue weighted by Gasteiger charge is -2.21. The minimum Gasteiger partial charge on any atom is -0.505 e. The predicted molar refractivity (Wildman–Crippen MR) is 111 cm³/mol. The highest BCUT2D eigenvalue weighted by Crippen LogP contribution is 2.30. The van der Waals surface area contributed by atoms with Gasteiger partial charge in [0.1, 0.15) is 0 Å². The maximum atomic E-state index is 12.6. The minimum atomic E-state index is -0.732. The van der Waals surface area contributed by atoms with E-state index in [0.29, 0.717) is 16.5 Å². The summed E-state index contributed by atoms with van der Waals surface area (Å²) in [5, 5.41) is 10.8. The molecule has 29 heavy (non-hydrogen) atoms. The summed E-state index contributed by atoms with van der Waals surface area (Å²) >= 11 is 0. The second-order valence-corrected chi connectivity index (χ2v) is 7.69. The van der Waals surface area contributed by atoms with Crippen molar-refractivity contribution in [1.82, 2.24) is 9.97 Å². The highest BCUT2D eigenvalue weighted by Gasteiger charge is 2.18. The molecule has 0 bridgehead atoms. The number of carbonyl (C=O) groups is 1. The molecule has 1 aliphatic rings. The number of pyridine rings is 2. The van der Waals surface area contributed by atoms with Gasteiger partial charge in [0.25, 0.3) is 5.56 Å². The summed E-state index contributed by atoms with van der Waals surface area (Å²) < 4.78 is 4.65. The van der Waals surface area contributed by atoms with Gasteiger partial charge in [0.15, 0.2) is 11.4 Å². The predicted octanol–water partition coefficient (Wildman–Crippen LogP) is 4.21. The zero-order valence-electron chi connectivity index (χ0n) is 16.4. The summed E-state index contributed by atoms with van der Waals surface area (Å²) in [4.78, 5) is 31.0. The smallest absolute Gasteiger partial charge is 0.360 e. The van der Waals surface area contributed by atoms with Crippen molar-refractivity contribution < 1.29 is 14.6 Å². The molecular formula is C23H24N2O4. The number of aromatic amines is 1. The Balaban J connectivity index is 1.67. The van der Waals surface area contributed by atoms with Crippen LogP contribution in [-0.2, 0) is 11.2 Å². The zero-order valence-corrected chi connectivity index (χ0v) is 16.4. The van der Waals surface area contributed by atoms with Crippen LogP contribution in [0.4, 0.5) is 0 Å². The topological polar surface area (TPSA) is 92.3 Å². The molecule has 0 spiro atoms. The average Bonchev–Trinajstić information content (AvgIpc) is 2.74. The number of methoxy groups -OCH3 is 1. The molecule has 1 aliphatic carbocycles. The minimum absolute atomic E-state index is 0.180. The van der Waals surface area contributed by atoms with Gasteiger partial charge < -0.3 is 14.8 Å². The molecule has 0 saturated heterocycles. The Bertz CT molecular complexity index is 1100. The lowest BCUT2D eigenvalue weighted by atomic mass is 9.84. The van der Waals surface area contributed by atoms with Crippen molar-refractivity contribution in [2.24, 2.45) is 5.92 Å². The van der Waals surface area contributed by atoms with Crippen LogP contribution in [0.5, 0.6) is 5.75 Å². The Morgan fingerprint density at radius 3 is 2.62 bits per heavy atom. The fourth-order valence-corrected chi connectivity index (χ4v) is 4.17. The van der Waals surface area contributed by atoms with Gasteiger partial charge >= 0.3 is 5.97 Å². The van der Waals surface area contributed by atoms with Gasteiger partial charge in [0.2, 0.25) is 0 Å². The summed E-state index contributed by atoms with van der Waals surface area (Å²) in [5.41, 5.74) is 2.37. The fraction of sp³-hybridized carbons (Fsp3) is 0.348. The number of hydrogen-bond acceptors (Lipinski definition) is 5. The van der Waals surface area contributed by atoms with Gasteiger partial charge in [-0.25, -0.2) is 9.78 Å². The highest BCUT2D eigenvalue weighted by molar-refractivity contribution is 5.98. The number of esters is 1. The number of benzene rings is 1. The van der Waals surface area contributed by atoms with E-state index < -0.39 is 5.97 Å². The molecule has 2 N–H and O–H groups in total. The van der Waals surface area contributed by atoms with Crippen molar-refractivity contribution in [3.05, 3.63) is 58.1 Å². The number of aromatic nitrogens is 2. The molecule has 4 rings (SSSR count). The number of ether oxygens (including phenoxy) is 1. The van der Waals surface area contributed by atoms with E-state index in [-0.39, 0.29) is 17.0 Å². The molecule has 0 atom stereocenters. The van der Waals surface area contributed by atoms with Gasteiger partial charge in [-0.3, -0.25) is 4.79 Å². The van der Waals surface area contributed by atoms with E-state index in [1.54, 1.807) is 6.07 Å². The first-order chi connectivity index (χ1) is 14.1. The molecule has 1 saturated carbocycles. The SMILES string of the molecule is COC(=O)c1ncc2[nH]c(=O)c(-c3ccc(CC4CCCCC4)cc3)cc2c1O. The van der Waals surface area contributed by atoms with E-state index >= 15 is 0 Å². The maximum absolute atomic E-state index is 12.6. The molecule has 1 aromatic carbocycles. The Hall–Kier alpha value is -3.15. The summed E-state index contributed by atoms with van der Waals surface area (Å²) in [6.07, 6.45) is 9.00. The molecule has 6 nitrogen and oxygen atoms in total. The summed E-state index contributed by atoms with van der Waals surface area (Å²) in [7, 11) is 1.22. The molecule has 2 heterocycles. The van der Waals surface area contributed by atoms with Crippen LogP contribution >= 0.6 is 0 Å². The Labute approximate surface area is 168 Å². The molecule has 3 aromatic rings. The normalized spacial score (nSPS) is 14.8. The molecule has 150 valence electrons. The van der Waals surface area contributed by atoms with Crippen LogP contribution in [0.25, 0.3) is 22.0 Å². The molecule has 0 aliphatic heterocycles. The quantitative estimate of drug-likeness (QED) is 0.649. The van der Waals surface area contributed by atoms with Gasteiger partial charge in [-0.1, -0.05) is 56.4 Å². The van der Waals surface area contributed by atoms with E-state index in [0.717, 1.165) is 17.9 Å². The first-order valence-electron chi connectivity index (χ1n) is 9.99. The second-order valence-electron chi connectivity index (χ2n) is 7.69. The van der Waals surface area contributed by atoms with Crippen molar-refractivity contribution in [3.8, 4) is 16.9 Å². The van der Waals surface area contributed by atoms with Crippen LogP contribution in [-0.4, -0.2) is 28.2 Å². The molecule has 0 amide bonds. The highest BCUT2D eigenvalue weighted by atomic mass is 16.5. The zero-order chi connectivity index (χ0) is 20.4. The largest absolute Gasteiger partial charge is 0.505 e. The van der Waals surface area contributed by atoms with Crippen molar-refractivity contribution in [3.63, 3.8) is 0 Å². The first kappa shape index (κ1) is 19.2. The van der Waals surface area contributed by atoms with E-state index in [1.165, 1.54) is 51.0 Å². The molecular weight excluding hydrogens is 368 g/mol. The third-order valence-electron chi connectivity index (χ3n) is 5.77. The maximum Gasteiger partial charge on any atom is 0.360 e. The average molecular weight is 392 g/mol. The molecule has 6 heteroatoms. The van der Waals surface area contributed by atoms with Crippen molar-refractivity contribution >= 4 is 16.9 Å². The van der Waals surface area contributed by atoms with Crippen LogP contribution in [0.3, 0.4) is 0 Å². The number of nitrogens with zero attached hydrogens (tertiary/aromatic N) is 1. The Morgan fingerprint density at radius 2 is 1.93 bits per heavy atom. The number of nitrogens with one attached hydrogen (secondary N) is 1. The number of carbonyl (C=O) groups excluding carboxylic acids is 1. The van der Waals surface area contributed by atoms with Crippen molar-refractivity contribution in [2.75, 3.05) is 7.11 Å². The van der Waals surface area contributed by atoms with Crippen LogP contribution in [0.2, 0.25) is 0 Å². The van der Waals surface area contributed by atoms with Gasteiger partial charge in [-0.15, -0.1) is 0 Å². The summed E-state index contributed by atoms with van der Waals surface area (Å²) in [5.74, 6) is -0.287. The van der Waals surface area contributed by atoms with Gasteiger partial charge in [0.05, 0.1) is 18.8 Å². The van der Waals surface area contributed by atoms with Crippen molar-refractivity contribution in [2.45, 2.75) is 38.5 Å². The standard InChI is InChI=1S/C23H24N2O4/c1-29-23(28)20-21(26)18-12-17(22(27)25-19(18)13-24-20)16-9-7-15(8-10-16)11-14-5-3-2-4-6-14/h7-10,12-14,26H,2-6,11H2,1H3,(H,25,27). The van der Waals surface area contributed by atoms with Gasteiger partial charge in [-0.05, 0) is 29.5 Å². The number of aromatic hydroxyl groups is 1. The number of H-pyrrole nitrogens is 1. The molecule has 2 aromatic heterocycles. The van der Waals surface area contributed by atoms with Crippen LogP contribution in [0.1, 0.15) is 48.2 Å². The Morgan fingerprint density at radius 1 is 1.21 bits per heavy atom. The van der Waals surface area contributed by atoms with Gasteiger partial charge in [-0.2, -0.15) is 0 Å². The third kappa shape index (κ3) is 3.88. The molecule has 0 radical (unpaired) electrons. The lowest BCUT2D eigenvalue weighted by Crippen LogP contribution is -2.11. The lowest BCUT2D eigenvalue weighted by molar-refractivity contribution is 0.0591. The first-order valence-corrected chi connectivity index (χ1v) is 9.99. The summed E-state index contributed by atoms with van der Waals surface area (Å²) in [6, 6.07) is 9.61. The number of hydrogen-bond donors (Lipinski definition) is 2. The number of fused-ring (bicyclic) bond motifs is 1. The monoisotopic (exact) mass is 392 g/mol. The number of rotatable bonds is 4. The van der Waals surface area contributed by atoms with E-state index in [4.69, 9.17) is 0 Å². The van der Waals surface area contributed by atoms with Crippen LogP contribution < -0.4 is 5.56 Å². The molecule has 0 unspecified atom stereocenters. The Kier molecular flexibility index (Phi) is 5.34.